The van der Waals surface area contributed by atoms with Gasteiger partial charge < -0.3 is 9.88 Å². The van der Waals surface area contributed by atoms with Crippen molar-refractivity contribution in [3.63, 3.8) is 0 Å². The van der Waals surface area contributed by atoms with Crippen LogP contribution in [0.15, 0.2) is 54.7 Å². The number of aromatic nitrogens is 1. The molecule has 1 aromatic heterocycles. The van der Waals surface area contributed by atoms with E-state index in [1.54, 1.807) is 0 Å². The lowest BCUT2D eigenvalue weighted by Crippen LogP contribution is -2.07. The molecule has 3 aromatic rings. The monoisotopic (exact) mass is 246 g/mol. The lowest BCUT2D eigenvalue weighted by molar-refractivity contribution is 0.909. The molecule has 0 aliphatic carbocycles. The van der Waals surface area contributed by atoms with E-state index in [0.29, 0.717) is 0 Å². The molecule has 1 N–H and O–H groups in total. The number of benzene rings is 2. The summed E-state index contributed by atoms with van der Waals surface area (Å²) in [5.74, 6) is 0. The van der Waals surface area contributed by atoms with Gasteiger partial charge in [-0.15, -0.1) is 0 Å². The van der Waals surface area contributed by atoms with Gasteiger partial charge in [0.2, 0.25) is 0 Å². The molecule has 0 saturated carbocycles. The molecule has 92 valence electrons. The number of aryl methyl sites for hydroxylation is 1. The summed E-state index contributed by atoms with van der Waals surface area (Å²) in [7, 11) is 2.07. The van der Waals surface area contributed by atoms with E-state index in [-0.39, 0.29) is 0 Å². The average Bonchev–Trinajstić information content (AvgIpc) is 2.85. The van der Waals surface area contributed by atoms with Crippen molar-refractivity contribution in [1.29, 1.82) is 0 Å². The number of nitrogens with zero attached hydrogens (tertiary/aromatic N) is 1. The SMILES string of the molecule is Cn1cccc1C1=Cc2cccc3cccc(c23)N1. The topological polar surface area (TPSA) is 17.0 Å². The number of anilines is 1. The predicted octanol–water partition coefficient (Wildman–Crippen LogP) is 4.10. The first-order chi connectivity index (χ1) is 9.33. The van der Waals surface area contributed by atoms with Crippen molar-refractivity contribution >= 4 is 28.2 Å². The van der Waals surface area contributed by atoms with Gasteiger partial charge in [0.25, 0.3) is 0 Å². The molecule has 1 aliphatic heterocycles. The third kappa shape index (κ3) is 1.50. The van der Waals surface area contributed by atoms with Gasteiger partial charge >= 0.3 is 0 Å². The first kappa shape index (κ1) is 10.4. The lowest BCUT2D eigenvalue weighted by Gasteiger charge is -2.20. The summed E-state index contributed by atoms with van der Waals surface area (Å²) in [6, 6.07) is 17.0. The highest BCUT2D eigenvalue weighted by atomic mass is 15.0. The van der Waals surface area contributed by atoms with Crippen LogP contribution in [0.4, 0.5) is 5.69 Å². The normalized spacial score (nSPS) is 13.2. The highest BCUT2D eigenvalue weighted by molar-refractivity contribution is 6.09. The molecular weight excluding hydrogens is 232 g/mol. The zero-order valence-corrected chi connectivity index (χ0v) is 10.7. The van der Waals surface area contributed by atoms with Crippen molar-refractivity contribution in [1.82, 2.24) is 4.57 Å². The third-order valence-electron chi connectivity index (χ3n) is 3.73. The van der Waals surface area contributed by atoms with E-state index in [2.05, 4.69) is 77.7 Å². The number of hydrogen-bond acceptors (Lipinski definition) is 1. The Bertz CT molecular complexity index is 804. The predicted molar refractivity (Wildman–Crippen MR) is 80.9 cm³/mol. The first-order valence-electron chi connectivity index (χ1n) is 6.45. The Morgan fingerprint density at radius 1 is 0.947 bits per heavy atom. The summed E-state index contributed by atoms with van der Waals surface area (Å²) in [6.07, 6.45) is 4.30. The maximum absolute atomic E-state index is 3.54. The molecule has 2 aromatic carbocycles. The summed E-state index contributed by atoms with van der Waals surface area (Å²) in [4.78, 5) is 0. The van der Waals surface area contributed by atoms with E-state index >= 15 is 0 Å². The maximum Gasteiger partial charge on any atom is 0.0643 e. The highest BCUT2D eigenvalue weighted by Crippen LogP contribution is 2.35. The van der Waals surface area contributed by atoms with Crippen LogP contribution in [-0.4, -0.2) is 4.57 Å². The van der Waals surface area contributed by atoms with E-state index in [4.69, 9.17) is 0 Å². The molecule has 0 bridgehead atoms. The van der Waals surface area contributed by atoms with Crippen LogP contribution >= 0.6 is 0 Å². The largest absolute Gasteiger partial charge is 0.353 e. The van der Waals surface area contributed by atoms with Gasteiger partial charge in [-0.25, -0.2) is 0 Å². The molecule has 0 unspecified atom stereocenters. The fraction of sp³-hybridized carbons (Fsp3) is 0.0588. The van der Waals surface area contributed by atoms with Crippen LogP contribution in [-0.2, 0) is 7.05 Å². The number of rotatable bonds is 1. The van der Waals surface area contributed by atoms with Crippen molar-refractivity contribution in [2.24, 2.45) is 7.05 Å². The van der Waals surface area contributed by atoms with Gasteiger partial charge in [-0.2, -0.15) is 0 Å². The second-order valence-electron chi connectivity index (χ2n) is 4.94. The fourth-order valence-electron chi connectivity index (χ4n) is 2.81. The Morgan fingerprint density at radius 3 is 2.58 bits per heavy atom. The van der Waals surface area contributed by atoms with Gasteiger partial charge in [0.15, 0.2) is 0 Å². The van der Waals surface area contributed by atoms with Crippen LogP contribution in [0.25, 0.3) is 22.5 Å². The number of hydrogen-bond donors (Lipinski definition) is 1. The summed E-state index contributed by atoms with van der Waals surface area (Å²) in [5, 5.41) is 6.14. The Labute approximate surface area is 112 Å². The fourth-order valence-corrected chi connectivity index (χ4v) is 2.81. The summed E-state index contributed by atoms with van der Waals surface area (Å²) < 4.78 is 2.13. The zero-order chi connectivity index (χ0) is 12.8. The standard InChI is InChI=1S/C17H14N2/c1-19-10-4-9-16(19)15-11-13-7-2-5-12-6-3-8-14(18-15)17(12)13/h2-11,18H,1H3. The van der Waals surface area contributed by atoms with Gasteiger partial charge in [-0.05, 0) is 35.2 Å². The first-order valence-corrected chi connectivity index (χ1v) is 6.45. The van der Waals surface area contributed by atoms with Gasteiger partial charge in [-0.3, -0.25) is 0 Å². The molecule has 0 atom stereocenters. The van der Waals surface area contributed by atoms with Gasteiger partial charge in [0.1, 0.15) is 0 Å². The molecule has 1 aliphatic rings. The highest BCUT2D eigenvalue weighted by Gasteiger charge is 2.14. The van der Waals surface area contributed by atoms with Crippen LogP contribution < -0.4 is 5.32 Å². The maximum atomic E-state index is 3.54. The summed E-state index contributed by atoms with van der Waals surface area (Å²) >= 11 is 0. The second-order valence-corrected chi connectivity index (χ2v) is 4.94. The molecule has 0 amide bonds. The van der Waals surface area contributed by atoms with E-state index in [1.807, 2.05) is 0 Å². The van der Waals surface area contributed by atoms with Crippen molar-refractivity contribution in [2.45, 2.75) is 0 Å². The molecule has 0 saturated heterocycles. The average molecular weight is 246 g/mol. The summed E-state index contributed by atoms with van der Waals surface area (Å²) in [6.45, 7) is 0. The van der Waals surface area contributed by atoms with Crippen LogP contribution in [0.2, 0.25) is 0 Å². The van der Waals surface area contributed by atoms with Gasteiger partial charge in [0, 0.05) is 24.3 Å². The van der Waals surface area contributed by atoms with Crippen molar-refractivity contribution in [3.05, 3.63) is 66.0 Å². The second kappa shape index (κ2) is 3.75. The molecule has 4 rings (SSSR count). The minimum atomic E-state index is 1.15. The minimum Gasteiger partial charge on any atom is -0.353 e. The third-order valence-corrected chi connectivity index (χ3v) is 3.73. The molecular formula is C17H14N2. The molecule has 0 radical (unpaired) electrons. The molecule has 2 heteroatoms. The Kier molecular flexibility index (Phi) is 2.06. The molecule has 19 heavy (non-hydrogen) atoms. The zero-order valence-electron chi connectivity index (χ0n) is 10.7. The smallest absolute Gasteiger partial charge is 0.0643 e. The van der Waals surface area contributed by atoms with Crippen molar-refractivity contribution in [2.75, 3.05) is 5.32 Å². The van der Waals surface area contributed by atoms with Gasteiger partial charge in [-0.1, -0.05) is 30.3 Å². The molecule has 2 heterocycles. The van der Waals surface area contributed by atoms with E-state index < -0.39 is 0 Å². The number of nitrogens with one attached hydrogen (secondary N) is 1. The van der Waals surface area contributed by atoms with Crippen LogP contribution in [0.5, 0.6) is 0 Å². The Balaban J connectivity index is 1.99. The lowest BCUT2D eigenvalue weighted by atomic mass is 9.98. The van der Waals surface area contributed by atoms with E-state index in [9.17, 15) is 0 Å². The Hall–Kier alpha value is -2.48. The van der Waals surface area contributed by atoms with Crippen LogP contribution in [0.1, 0.15) is 11.3 Å². The van der Waals surface area contributed by atoms with E-state index in [1.165, 1.54) is 27.7 Å². The van der Waals surface area contributed by atoms with Crippen LogP contribution in [0.3, 0.4) is 0 Å². The minimum absolute atomic E-state index is 1.15. The molecule has 0 fully saturated rings. The van der Waals surface area contributed by atoms with Gasteiger partial charge in [0.05, 0.1) is 11.4 Å². The van der Waals surface area contributed by atoms with Crippen LogP contribution in [0, 0.1) is 0 Å². The Morgan fingerprint density at radius 2 is 1.79 bits per heavy atom. The molecule has 0 spiro atoms. The van der Waals surface area contributed by atoms with E-state index in [0.717, 1.165) is 5.70 Å². The summed E-state index contributed by atoms with van der Waals surface area (Å²) in [5.41, 5.74) is 4.82. The van der Waals surface area contributed by atoms with Crippen molar-refractivity contribution in [3.8, 4) is 0 Å². The molecule has 2 nitrogen and oxygen atoms in total. The quantitative estimate of drug-likeness (QED) is 0.684. The van der Waals surface area contributed by atoms with Crippen molar-refractivity contribution < 1.29 is 0 Å².